The fraction of sp³-hybridized carbons (Fsp3) is 0.421. The molecule has 0 aliphatic carbocycles. The highest BCUT2D eigenvalue weighted by atomic mass is 19.4. The zero-order chi connectivity index (χ0) is 22.6. The van der Waals surface area contributed by atoms with Gasteiger partial charge in [0.1, 0.15) is 0 Å². The molecule has 2 saturated heterocycles. The van der Waals surface area contributed by atoms with Crippen molar-refractivity contribution in [2.75, 3.05) is 5.32 Å². The lowest BCUT2D eigenvalue weighted by molar-refractivity contribution is -0.145. The number of carbonyl (C=O) groups excluding carboxylic acids is 1. The van der Waals surface area contributed by atoms with Crippen LogP contribution in [0.1, 0.15) is 29.3 Å². The zero-order valence-corrected chi connectivity index (χ0v) is 15.5. The van der Waals surface area contributed by atoms with Crippen LogP contribution in [-0.4, -0.2) is 39.3 Å². The van der Waals surface area contributed by atoms with Gasteiger partial charge in [0.25, 0.3) is 0 Å². The summed E-state index contributed by atoms with van der Waals surface area (Å²) in [6.07, 6.45) is -9.97. The van der Waals surface area contributed by atoms with Crippen LogP contribution in [0.15, 0.2) is 36.7 Å². The highest BCUT2D eigenvalue weighted by molar-refractivity contribution is 5.94. The van der Waals surface area contributed by atoms with E-state index in [-0.39, 0.29) is 17.7 Å². The number of alkyl halides is 6. The number of hydrogen-bond donors (Lipinski definition) is 2. The topological polar surface area (TPSA) is 84.3 Å². The first-order valence-electron chi connectivity index (χ1n) is 9.16. The smallest absolute Gasteiger partial charge is 0.390 e. The van der Waals surface area contributed by atoms with Gasteiger partial charge >= 0.3 is 12.4 Å². The molecule has 2 aliphatic rings. The monoisotopic (exact) mass is 447 g/mol. The number of hydrogen-bond acceptors (Lipinski definition) is 5. The van der Waals surface area contributed by atoms with Gasteiger partial charge in [0.05, 0.1) is 29.8 Å². The average Bonchev–Trinajstić information content (AvgIpc) is 3.24. The molecular weight excluding hydrogens is 432 g/mol. The lowest BCUT2D eigenvalue weighted by Gasteiger charge is -2.29. The van der Waals surface area contributed by atoms with Crippen LogP contribution in [0.2, 0.25) is 0 Å². The van der Waals surface area contributed by atoms with E-state index in [1.165, 1.54) is 6.07 Å². The maximum atomic E-state index is 12.9. The molecule has 166 valence electrons. The largest absolute Gasteiger partial charge is 0.451 e. The van der Waals surface area contributed by atoms with Crippen LogP contribution in [0.5, 0.6) is 0 Å². The van der Waals surface area contributed by atoms with E-state index in [0.29, 0.717) is 0 Å². The second-order valence-corrected chi connectivity index (χ2v) is 7.40. The number of aliphatic hydroxyl groups is 1. The maximum Gasteiger partial charge on any atom is 0.451 e. The average molecular weight is 447 g/mol. The number of benzene rings is 1. The molecule has 2 aromatic rings. The van der Waals surface area contributed by atoms with Crippen LogP contribution in [0.3, 0.4) is 0 Å². The Morgan fingerprint density at radius 1 is 1.10 bits per heavy atom. The molecule has 0 spiro atoms. The Morgan fingerprint density at radius 3 is 2.39 bits per heavy atom. The molecule has 3 heterocycles. The number of fused-ring (bicyclic) bond motifs is 2. The Morgan fingerprint density at radius 2 is 1.77 bits per heavy atom. The second kappa shape index (κ2) is 7.45. The van der Waals surface area contributed by atoms with Crippen LogP contribution < -0.4 is 5.32 Å². The molecule has 6 nitrogen and oxygen atoms in total. The number of carbonyl (C=O) groups is 1. The minimum absolute atomic E-state index is 0.0921. The molecule has 31 heavy (non-hydrogen) atoms. The molecule has 1 aromatic carbocycles. The Bertz CT molecular complexity index is 979. The minimum Gasteiger partial charge on any atom is -0.390 e. The van der Waals surface area contributed by atoms with E-state index < -0.39 is 59.8 Å². The lowest BCUT2D eigenvalue weighted by atomic mass is 9.74. The van der Waals surface area contributed by atoms with E-state index >= 15 is 0 Å². The van der Waals surface area contributed by atoms with Crippen LogP contribution in [0.25, 0.3) is 0 Å². The maximum absolute atomic E-state index is 12.9. The van der Waals surface area contributed by atoms with Crippen molar-refractivity contribution in [3.63, 3.8) is 0 Å². The van der Waals surface area contributed by atoms with E-state index in [2.05, 4.69) is 15.3 Å². The summed E-state index contributed by atoms with van der Waals surface area (Å²) in [6, 6.07) is 4.05. The van der Waals surface area contributed by atoms with Gasteiger partial charge in [-0.1, -0.05) is 6.07 Å². The second-order valence-electron chi connectivity index (χ2n) is 7.40. The summed E-state index contributed by atoms with van der Waals surface area (Å²) in [5, 5.41) is 12.6. The number of rotatable bonds is 3. The summed E-state index contributed by atoms with van der Waals surface area (Å²) in [4.78, 5) is 19.5. The van der Waals surface area contributed by atoms with Gasteiger partial charge < -0.3 is 15.2 Å². The number of halogens is 6. The summed E-state index contributed by atoms with van der Waals surface area (Å²) < 4.78 is 82.6. The molecular formula is C19H15F6N3O3. The molecule has 0 saturated carbocycles. The van der Waals surface area contributed by atoms with Crippen LogP contribution in [-0.2, 0) is 21.9 Å². The number of ether oxygens (including phenoxy) is 1. The third kappa shape index (κ3) is 4.09. The molecule has 2 N–H and O–H groups in total. The summed E-state index contributed by atoms with van der Waals surface area (Å²) in [5.41, 5.74) is -0.883. The fourth-order valence-corrected chi connectivity index (χ4v) is 4.10. The van der Waals surface area contributed by atoms with Gasteiger partial charge in [0.2, 0.25) is 11.7 Å². The van der Waals surface area contributed by atoms with Crippen molar-refractivity contribution in [2.24, 2.45) is 5.92 Å². The normalized spacial score (nSPS) is 28.0. The van der Waals surface area contributed by atoms with Gasteiger partial charge in [0, 0.05) is 30.4 Å². The number of aliphatic hydroxyl groups excluding tert-OH is 1. The quantitative estimate of drug-likeness (QED) is 0.705. The molecule has 0 unspecified atom stereocenters. The minimum atomic E-state index is -4.75. The van der Waals surface area contributed by atoms with Crippen molar-refractivity contribution in [2.45, 2.75) is 43.0 Å². The number of nitrogens with zero attached hydrogens (tertiary/aromatic N) is 2. The fourth-order valence-electron chi connectivity index (χ4n) is 4.10. The van der Waals surface area contributed by atoms with Gasteiger partial charge in [-0.2, -0.15) is 26.3 Å². The van der Waals surface area contributed by atoms with Gasteiger partial charge in [0.15, 0.2) is 0 Å². The highest BCUT2D eigenvalue weighted by Crippen LogP contribution is 2.49. The standard InChI is InChI=1S/C19H15F6N3O3/c20-18(21,22)9-2-1-3-10(4-9)28-16(30)14-12-5-11(29)15(31-12)13(14)8-6-26-17(27-7-8)19(23,24)25/h1-4,6-7,11-15,29H,5H2,(H,28,30)/t11-,12+,13+,14-,15-/m0/s1. The van der Waals surface area contributed by atoms with Crippen LogP contribution in [0, 0.1) is 5.92 Å². The first kappa shape index (κ1) is 21.5. The summed E-state index contributed by atoms with van der Waals surface area (Å²) in [6.45, 7) is 0. The van der Waals surface area contributed by atoms with Crippen LogP contribution in [0.4, 0.5) is 32.0 Å². The molecule has 4 rings (SSSR count). The number of nitrogens with one attached hydrogen (secondary N) is 1. The van der Waals surface area contributed by atoms with Crippen molar-refractivity contribution in [3.05, 3.63) is 53.6 Å². The molecule has 2 bridgehead atoms. The number of amides is 1. The summed E-state index contributed by atoms with van der Waals surface area (Å²) in [5.74, 6) is -3.85. The first-order valence-corrected chi connectivity index (χ1v) is 9.16. The molecule has 2 fully saturated rings. The lowest BCUT2D eigenvalue weighted by Crippen LogP contribution is -2.41. The molecule has 0 radical (unpaired) electrons. The van der Waals surface area contributed by atoms with Crippen molar-refractivity contribution in [3.8, 4) is 0 Å². The highest BCUT2D eigenvalue weighted by Gasteiger charge is 2.57. The van der Waals surface area contributed by atoms with Crippen molar-refractivity contribution >= 4 is 11.6 Å². The molecule has 12 heteroatoms. The Labute approximate surface area is 171 Å². The summed E-state index contributed by atoms with van der Waals surface area (Å²) >= 11 is 0. The van der Waals surface area contributed by atoms with E-state index in [0.717, 1.165) is 30.6 Å². The number of anilines is 1. The molecule has 2 aliphatic heterocycles. The third-order valence-corrected chi connectivity index (χ3v) is 5.40. The summed E-state index contributed by atoms with van der Waals surface area (Å²) in [7, 11) is 0. The zero-order valence-electron chi connectivity index (χ0n) is 15.5. The Hall–Kier alpha value is -2.73. The van der Waals surface area contributed by atoms with Gasteiger partial charge in [-0.25, -0.2) is 9.97 Å². The SMILES string of the molecule is O=C(Nc1cccc(C(F)(F)F)c1)[C@@H]1[C@@H](c2cnc(C(F)(F)F)nc2)[C@H]2O[C@@H]1C[C@@H]2O. The Kier molecular flexibility index (Phi) is 5.16. The van der Waals surface area contributed by atoms with Crippen molar-refractivity contribution in [1.29, 1.82) is 0 Å². The van der Waals surface area contributed by atoms with Gasteiger partial charge in [-0.05, 0) is 23.8 Å². The van der Waals surface area contributed by atoms with E-state index in [1.54, 1.807) is 0 Å². The van der Waals surface area contributed by atoms with Crippen LogP contribution >= 0.6 is 0 Å². The van der Waals surface area contributed by atoms with Crippen molar-refractivity contribution in [1.82, 2.24) is 9.97 Å². The third-order valence-electron chi connectivity index (χ3n) is 5.40. The Balaban J connectivity index is 1.60. The van der Waals surface area contributed by atoms with E-state index in [9.17, 15) is 36.2 Å². The number of aromatic nitrogens is 2. The molecule has 1 aromatic heterocycles. The predicted octanol–water partition coefficient (Wildman–Crippen LogP) is 3.38. The van der Waals surface area contributed by atoms with Gasteiger partial charge in [-0.3, -0.25) is 4.79 Å². The van der Waals surface area contributed by atoms with E-state index in [1.807, 2.05) is 0 Å². The first-order chi connectivity index (χ1) is 14.4. The van der Waals surface area contributed by atoms with E-state index in [4.69, 9.17) is 4.74 Å². The molecule has 1 amide bonds. The predicted molar refractivity (Wildman–Crippen MR) is 92.6 cm³/mol. The molecule has 5 atom stereocenters. The van der Waals surface area contributed by atoms with Gasteiger partial charge in [-0.15, -0.1) is 0 Å². The van der Waals surface area contributed by atoms with Crippen molar-refractivity contribution < 1.29 is 41.0 Å².